The van der Waals surface area contributed by atoms with Gasteiger partial charge in [-0.25, -0.2) is 0 Å². The smallest absolute Gasteiger partial charge is 0.00740 e. The molecular weight excluding hydrogens is 112 g/mol. The highest BCUT2D eigenvalue weighted by atomic mass is 14.6. The minimum Gasteiger partial charge on any atom is -0.405 e. The van der Waals surface area contributed by atoms with Crippen LogP contribution in [0.3, 0.4) is 0 Å². The maximum absolute atomic E-state index is 5.65. The number of hydrogen-bond donors (Lipinski definition) is 2. The molecule has 1 atom stereocenters. The lowest BCUT2D eigenvalue weighted by Crippen LogP contribution is -2.18. The summed E-state index contributed by atoms with van der Waals surface area (Å²) in [7, 11) is 0. The van der Waals surface area contributed by atoms with Gasteiger partial charge in [0.1, 0.15) is 0 Å². The predicted molar refractivity (Wildman–Crippen MR) is 40.8 cm³/mol. The topological polar surface area (TPSA) is 52.0 Å². The quantitative estimate of drug-likeness (QED) is 0.595. The second-order valence-corrected chi connectivity index (χ2v) is 2.39. The van der Waals surface area contributed by atoms with Gasteiger partial charge in [-0.1, -0.05) is 12.5 Å². The molecule has 0 aromatic rings. The number of rotatable bonds is 3. The molecule has 0 fully saturated rings. The van der Waals surface area contributed by atoms with Gasteiger partial charge in [0.05, 0.1) is 0 Å². The SMILES string of the molecule is CCC(N)C/C(C)=C/N. The van der Waals surface area contributed by atoms with Crippen molar-refractivity contribution in [2.24, 2.45) is 11.5 Å². The highest BCUT2D eigenvalue weighted by Crippen LogP contribution is 2.02. The van der Waals surface area contributed by atoms with Crippen molar-refractivity contribution in [3.63, 3.8) is 0 Å². The Labute approximate surface area is 56.9 Å². The van der Waals surface area contributed by atoms with Gasteiger partial charge in [0.25, 0.3) is 0 Å². The van der Waals surface area contributed by atoms with Crippen LogP contribution in [0.15, 0.2) is 11.8 Å². The van der Waals surface area contributed by atoms with E-state index in [4.69, 9.17) is 11.5 Å². The summed E-state index contributed by atoms with van der Waals surface area (Å²) in [5, 5.41) is 0. The van der Waals surface area contributed by atoms with E-state index < -0.39 is 0 Å². The Morgan fingerprint density at radius 3 is 2.56 bits per heavy atom. The summed E-state index contributed by atoms with van der Waals surface area (Å²) in [6.45, 7) is 4.07. The van der Waals surface area contributed by atoms with Gasteiger partial charge in [-0.3, -0.25) is 0 Å². The van der Waals surface area contributed by atoms with Crippen LogP contribution in [0.2, 0.25) is 0 Å². The zero-order valence-corrected chi connectivity index (χ0v) is 6.22. The molecule has 0 saturated carbocycles. The molecule has 0 bridgehead atoms. The minimum atomic E-state index is 0.282. The molecule has 0 rings (SSSR count). The second-order valence-electron chi connectivity index (χ2n) is 2.39. The van der Waals surface area contributed by atoms with E-state index in [1.807, 2.05) is 6.92 Å². The maximum atomic E-state index is 5.65. The lowest BCUT2D eigenvalue weighted by Gasteiger charge is -2.06. The van der Waals surface area contributed by atoms with Crippen LogP contribution in [0.1, 0.15) is 26.7 Å². The summed E-state index contributed by atoms with van der Waals surface area (Å²) in [4.78, 5) is 0. The molecule has 0 amide bonds. The average molecular weight is 128 g/mol. The first-order valence-corrected chi connectivity index (χ1v) is 3.33. The molecular formula is C7H16N2. The monoisotopic (exact) mass is 128 g/mol. The first-order valence-electron chi connectivity index (χ1n) is 3.33. The Balaban J connectivity index is 3.47. The van der Waals surface area contributed by atoms with E-state index in [2.05, 4.69) is 6.92 Å². The molecule has 0 aromatic heterocycles. The fourth-order valence-corrected chi connectivity index (χ4v) is 0.626. The van der Waals surface area contributed by atoms with Crippen molar-refractivity contribution in [1.82, 2.24) is 0 Å². The van der Waals surface area contributed by atoms with Crippen molar-refractivity contribution >= 4 is 0 Å². The molecule has 0 aliphatic carbocycles. The van der Waals surface area contributed by atoms with Gasteiger partial charge in [0, 0.05) is 6.04 Å². The number of nitrogens with two attached hydrogens (primary N) is 2. The number of hydrogen-bond acceptors (Lipinski definition) is 2. The Morgan fingerprint density at radius 1 is 1.67 bits per heavy atom. The molecule has 0 aromatic carbocycles. The van der Waals surface area contributed by atoms with Gasteiger partial charge in [0.2, 0.25) is 0 Å². The Morgan fingerprint density at radius 2 is 2.22 bits per heavy atom. The summed E-state index contributed by atoms with van der Waals surface area (Å²) >= 11 is 0. The van der Waals surface area contributed by atoms with Gasteiger partial charge >= 0.3 is 0 Å². The van der Waals surface area contributed by atoms with Crippen molar-refractivity contribution in [2.75, 3.05) is 0 Å². The predicted octanol–water partition coefficient (Wildman–Crippen LogP) is 0.976. The van der Waals surface area contributed by atoms with Gasteiger partial charge < -0.3 is 11.5 Å². The minimum absolute atomic E-state index is 0.282. The van der Waals surface area contributed by atoms with Crippen molar-refractivity contribution < 1.29 is 0 Å². The maximum Gasteiger partial charge on any atom is 0.00740 e. The molecule has 2 heteroatoms. The first-order chi connectivity index (χ1) is 4.20. The molecule has 9 heavy (non-hydrogen) atoms. The van der Waals surface area contributed by atoms with Gasteiger partial charge in [-0.05, 0) is 26.0 Å². The van der Waals surface area contributed by atoms with Crippen molar-refractivity contribution in [3.8, 4) is 0 Å². The lowest BCUT2D eigenvalue weighted by atomic mass is 10.1. The van der Waals surface area contributed by atoms with Crippen LogP contribution < -0.4 is 11.5 Å². The van der Waals surface area contributed by atoms with Crippen LogP contribution in [0.4, 0.5) is 0 Å². The van der Waals surface area contributed by atoms with Crippen LogP contribution in [0.25, 0.3) is 0 Å². The third-order valence-corrected chi connectivity index (χ3v) is 1.39. The van der Waals surface area contributed by atoms with Crippen LogP contribution in [0.5, 0.6) is 0 Å². The molecule has 0 aliphatic heterocycles. The third-order valence-electron chi connectivity index (χ3n) is 1.39. The molecule has 0 heterocycles. The molecule has 54 valence electrons. The molecule has 0 radical (unpaired) electrons. The van der Waals surface area contributed by atoms with E-state index in [0.717, 1.165) is 12.8 Å². The highest BCUT2D eigenvalue weighted by Gasteiger charge is 1.97. The van der Waals surface area contributed by atoms with Crippen LogP contribution >= 0.6 is 0 Å². The largest absolute Gasteiger partial charge is 0.405 e. The summed E-state index contributed by atoms with van der Waals surface area (Å²) < 4.78 is 0. The van der Waals surface area contributed by atoms with Crippen LogP contribution in [-0.2, 0) is 0 Å². The Hall–Kier alpha value is -0.500. The van der Waals surface area contributed by atoms with Gasteiger partial charge in [0.15, 0.2) is 0 Å². The van der Waals surface area contributed by atoms with Crippen molar-refractivity contribution in [2.45, 2.75) is 32.7 Å². The van der Waals surface area contributed by atoms with E-state index in [1.165, 1.54) is 5.57 Å². The standard InChI is InChI=1S/C7H16N2/c1-3-7(9)4-6(2)5-8/h5,7H,3-4,8-9H2,1-2H3/b6-5+. The van der Waals surface area contributed by atoms with E-state index in [9.17, 15) is 0 Å². The summed E-state index contributed by atoms with van der Waals surface area (Å²) in [6, 6.07) is 0.282. The lowest BCUT2D eigenvalue weighted by molar-refractivity contribution is 0.641. The summed E-state index contributed by atoms with van der Waals surface area (Å²) in [6.07, 6.45) is 3.56. The highest BCUT2D eigenvalue weighted by molar-refractivity contribution is 4.96. The fourth-order valence-electron chi connectivity index (χ4n) is 0.626. The molecule has 0 aliphatic rings. The van der Waals surface area contributed by atoms with E-state index in [0.29, 0.717) is 0 Å². The Kier molecular flexibility index (Phi) is 4.14. The van der Waals surface area contributed by atoms with E-state index in [-0.39, 0.29) is 6.04 Å². The average Bonchev–Trinajstić information content (AvgIpc) is 1.87. The molecule has 1 unspecified atom stereocenters. The third kappa shape index (κ3) is 4.03. The zero-order valence-electron chi connectivity index (χ0n) is 6.22. The van der Waals surface area contributed by atoms with E-state index >= 15 is 0 Å². The summed E-state index contributed by atoms with van der Waals surface area (Å²) in [5.74, 6) is 0. The zero-order chi connectivity index (χ0) is 7.28. The second kappa shape index (κ2) is 4.39. The van der Waals surface area contributed by atoms with Crippen molar-refractivity contribution in [1.29, 1.82) is 0 Å². The first kappa shape index (κ1) is 8.50. The Bertz CT molecular complexity index is 97.1. The van der Waals surface area contributed by atoms with Gasteiger partial charge in [-0.15, -0.1) is 0 Å². The summed E-state index contributed by atoms with van der Waals surface area (Å²) in [5.41, 5.74) is 12.1. The van der Waals surface area contributed by atoms with Crippen LogP contribution in [0, 0.1) is 0 Å². The molecule has 4 N–H and O–H groups in total. The molecule has 0 saturated heterocycles. The van der Waals surface area contributed by atoms with Crippen molar-refractivity contribution in [3.05, 3.63) is 11.8 Å². The van der Waals surface area contributed by atoms with Crippen LogP contribution in [-0.4, -0.2) is 6.04 Å². The normalized spacial score (nSPS) is 15.7. The van der Waals surface area contributed by atoms with Gasteiger partial charge in [-0.2, -0.15) is 0 Å². The molecule has 2 nitrogen and oxygen atoms in total. The van der Waals surface area contributed by atoms with E-state index in [1.54, 1.807) is 6.20 Å². The fraction of sp³-hybridized carbons (Fsp3) is 0.714. The molecule has 0 spiro atoms.